The molecule has 0 spiro atoms. The molecule has 30 heavy (non-hydrogen) atoms. The highest BCUT2D eigenvalue weighted by Crippen LogP contribution is 2.25. The molecule has 0 aliphatic carbocycles. The molecule has 0 saturated carbocycles. The predicted octanol–water partition coefficient (Wildman–Crippen LogP) is 3.54. The van der Waals surface area contributed by atoms with E-state index in [1.54, 1.807) is 66.7 Å². The van der Waals surface area contributed by atoms with Crippen molar-refractivity contribution >= 4 is 27.3 Å². The van der Waals surface area contributed by atoms with Gasteiger partial charge in [-0.3, -0.25) is 9.10 Å². The summed E-state index contributed by atoms with van der Waals surface area (Å²) in [5.41, 5.74) is 0.892. The molecule has 0 bridgehead atoms. The fourth-order valence-electron chi connectivity index (χ4n) is 2.82. The van der Waals surface area contributed by atoms with Gasteiger partial charge in [0, 0.05) is 11.8 Å². The number of benzene rings is 3. The van der Waals surface area contributed by atoms with Gasteiger partial charge in [0.25, 0.3) is 10.0 Å². The van der Waals surface area contributed by atoms with Crippen LogP contribution < -0.4 is 19.1 Å². The zero-order chi connectivity index (χ0) is 21.6. The standard InChI is InChI=1S/C22H22N2O5S/c1-28-19-11-13-21(14-12-19)30(26,27)24(18-8-4-3-5-9-18)16-22(25)23-17-7-6-10-20(15-17)29-2/h3-15H,16H2,1-2H3,(H,23,25). The molecule has 0 unspecified atom stereocenters. The molecule has 0 fully saturated rings. The lowest BCUT2D eigenvalue weighted by Gasteiger charge is -2.24. The Bertz CT molecular complexity index is 1100. The quantitative estimate of drug-likeness (QED) is 0.596. The molecule has 0 aliphatic heterocycles. The first kappa shape index (κ1) is 21.2. The first-order chi connectivity index (χ1) is 14.4. The van der Waals surface area contributed by atoms with Gasteiger partial charge in [-0.25, -0.2) is 8.42 Å². The van der Waals surface area contributed by atoms with Crippen LogP contribution in [0.2, 0.25) is 0 Å². The Balaban J connectivity index is 1.89. The highest BCUT2D eigenvalue weighted by molar-refractivity contribution is 7.92. The van der Waals surface area contributed by atoms with E-state index < -0.39 is 22.5 Å². The number of methoxy groups -OCH3 is 2. The topological polar surface area (TPSA) is 84.9 Å². The van der Waals surface area contributed by atoms with E-state index in [2.05, 4.69) is 5.32 Å². The fraction of sp³-hybridized carbons (Fsp3) is 0.136. The highest BCUT2D eigenvalue weighted by Gasteiger charge is 2.27. The van der Waals surface area contributed by atoms with Gasteiger partial charge in [0.15, 0.2) is 0 Å². The molecule has 3 aromatic rings. The Kier molecular flexibility index (Phi) is 6.58. The number of nitrogens with zero attached hydrogens (tertiary/aromatic N) is 1. The summed E-state index contributed by atoms with van der Waals surface area (Å²) in [4.78, 5) is 12.8. The van der Waals surface area contributed by atoms with Gasteiger partial charge in [-0.05, 0) is 48.5 Å². The van der Waals surface area contributed by atoms with Crippen LogP contribution in [0.1, 0.15) is 0 Å². The largest absolute Gasteiger partial charge is 0.497 e. The van der Waals surface area contributed by atoms with Crippen molar-refractivity contribution in [2.45, 2.75) is 4.90 Å². The maximum Gasteiger partial charge on any atom is 0.264 e. The van der Waals surface area contributed by atoms with Gasteiger partial charge in [-0.15, -0.1) is 0 Å². The summed E-state index contributed by atoms with van der Waals surface area (Å²) in [5.74, 6) is 0.638. The molecule has 0 radical (unpaired) electrons. The average molecular weight is 426 g/mol. The number of amides is 1. The van der Waals surface area contributed by atoms with Crippen molar-refractivity contribution in [2.75, 3.05) is 30.4 Å². The lowest BCUT2D eigenvalue weighted by atomic mass is 10.3. The number of sulfonamides is 1. The summed E-state index contributed by atoms with van der Waals surface area (Å²) in [6.45, 7) is -0.393. The molecule has 8 heteroatoms. The lowest BCUT2D eigenvalue weighted by Crippen LogP contribution is -2.38. The normalized spacial score (nSPS) is 10.9. The summed E-state index contributed by atoms with van der Waals surface area (Å²) in [5, 5.41) is 2.71. The first-order valence-electron chi connectivity index (χ1n) is 9.10. The van der Waals surface area contributed by atoms with E-state index in [1.165, 1.54) is 26.4 Å². The maximum absolute atomic E-state index is 13.3. The molecule has 1 amide bonds. The Morgan fingerprint density at radius 2 is 1.53 bits per heavy atom. The number of hydrogen-bond donors (Lipinski definition) is 1. The molecule has 0 aliphatic rings. The SMILES string of the molecule is COc1ccc(S(=O)(=O)N(CC(=O)Nc2cccc(OC)c2)c2ccccc2)cc1. The second-order valence-corrected chi connectivity index (χ2v) is 8.17. The van der Waals surface area contributed by atoms with Crippen molar-refractivity contribution in [1.29, 1.82) is 0 Å². The van der Waals surface area contributed by atoms with Gasteiger partial charge in [0.1, 0.15) is 18.0 Å². The molecule has 3 aromatic carbocycles. The van der Waals surface area contributed by atoms with E-state index in [4.69, 9.17) is 9.47 Å². The van der Waals surface area contributed by atoms with Crippen molar-refractivity contribution in [3.8, 4) is 11.5 Å². The van der Waals surface area contributed by atoms with Crippen LogP contribution in [0.4, 0.5) is 11.4 Å². The van der Waals surface area contributed by atoms with E-state index in [0.717, 1.165) is 4.31 Å². The van der Waals surface area contributed by atoms with E-state index in [0.29, 0.717) is 22.9 Å². The summed E-state index contributed by atoms with van der Waals surface area (Å²) < 4.78 is 37.9. The molecule has 0 saturated heterocycles. The average Bonchev–Trinajstić information content (AvgIpc) is 2.78. The first-order valence-corrected chi connectivity index (χ1v) is 10.5. The van der Waals surface area contributed by atoms with E-state index >= 15 is 0 Å². The monoisotopic (exact) mass is 426 g/mol. The minimum Gasteiger partial charge on any atom is -0.497 e. The number of carbonyl (C=O) groups excluding carboxylic acids is 1. The van der Waals surface area contributed by atoms with Crippen molar-refractivity contribution in [3.63, 3.8) is 0 Å². The summed E-state index contributed by atoms with van der Waals surface area (Å²) in [7, 11) is -0.957. The van der Waals surface area contributed by atoms with Gasteiger partial charge in [-0.2, -0.15) is 0 Å². The highest BCUT2D eigenvalue weighted by atomic mass is 32.2. The summed E-state index contributed by atoms with van der Waals surface area (Å²) in [6.07, 6.45) is 0. The van der Waals surface area contributed by atoms with Crippen LogP contribution in [0.5, 0.6) is 11.5 Å². The van der Waals surface area contributed by atoms with Crippen molar-refractivity contribution in [3.05, 3.63) is 78.9 Å². The minimum absolute atomic E-state index is 0.0568. The number of carbonyl (C=O) groups is 1. The van der Waals surface area contributed by atoms with E-state index in [-0.39, 0.29) is 4.90 Å². The van der Waals surface area contributed by atoms with Crippen molar-refractivity contribution in [2.24, 2.45) is 0 Å². The molecule has 7 nitrogen and oxygen atoms in total. The molecule has 3 rings (SSSR count). The van der Waals surface area contributed by atoms with Gasteiger partial charge in [0.2, 0.25) is 5.91 Å². The van der Waals surface area contributed by atoms with E-state index in [1.807, 2.05) is 0 Å². The number of anilines is 2. The number of rotatable bonds is 8. The number of nitrogens with one attached hydrogen (secondary N) is 1. The fourth-order valence-corrected chi connectivity index (χ4v) is 4.24. The third kappa shape index (κ3) is 4.90. The molecule has 156 valence electrons. The smallest absolute Gasteiger partial charge is 0.264 e. The Labute approximate surface area is 175 Å². The van der Waals surface area contributed by atoms with Crippen LogP contribution in [0, 0.1) is 0 Å². The maximum atomic E-state index is 13.3. The van der Waals surface area contributed by atoms with Gasteiger partial charge in [0.05, 0.1) is 24.8 Å². The van der Waals surface area contributed by atoms with Crippen molar-refractivity contribution in [1.82, 2.24) is 0 Å². The Hall–Kier alpha value is -3.52. The van der Waals surface area contributed by atoms with Gasteiger partial charge < -0.3 is 14.8 Å². The predicted molar refractivity (Wildman–Crippen MR) is 116 cm³/mol. The zero-order valence-electron chi connectivity index (χ0n) is 16.6. The molecule has 0 aromatic heterocycles. The Morgan fingerprint density at radius 3 is 2.17 bits per heavy atom. The minimum atomic E-state index is -3.99. The zero-order valence-corrected chi connectivity index (χ0v) is 17.4. The Morgan fingerprint density at radius 1 is 0.867 bits per heavy atom. The van der Waals surface area contributed by atoms with E-state index in [9.17, 15) is 13.2 Å². The third-order valence-electron chi connectivity index (χ3n) is 4.33. The van der Waals surface area contributed by atoms with Crippen LogP contribution >= 0.6 is 0 Å². The summed E-state index contributed by atoms with van der Waals surface area (Å²) in [6, 6.07) is 21.3. The molecular weight excluding hydrogens is 404 g/mol. The van der Waals surface area contributed by atoms with Crippen LogP contribution in [0.25, 0.3) is 0 Å². The van der Waals surface area contributed by atoms with Crippen LogP contribution in [-0.4, -0.2) is 35.1 Å². The molecule has 1 N–H and O–H groups in total. The third-order valence-corrected chi connectivity index (χ3v) is 6.12. The van der Waals surface area contributed by atoms with Crippen LogP contribution in [0.15, 0.2) is 83.8 Å². The van der Waals surface area contributed by atoms with Gasteiger partial charge in [-0.1, -0.05) is 24.3 Å². The number of para-hydroxylation sites is 1. The molecular formula is C22H22N2O5S. The second kappa shape index (κ2) is 9.32. The van der Waals surface area contributed by atoms with Crippen LogP contribution in [-0.2, 0) is 14.8 Å². The number of ether oxygens (including phenoxy) is 2. The summed E-state index contributed by atoms with van der Waals surface area (Å²) >= 11 is 0. The lowest BCUT2D eigenvalue weighted by molar-refractivity contribution is -0.114. The van der Waals surface area contributed by atoms with Gasteiger partial charge >= 0.3 is 0 Å². The van der Waals surface area contributed by atoms with Crippen molar-refractivity contribution < 1.29 is 22.7 Å². The van der Waals surface area contributed by atoms with Crippen LogP contribution in [0.3, 0.4) is 0 Å². The number of hydrogen-bond acceptors (Lipinski definition) is 5. The molecule has 0 atom stereocenters. The molecule has 0 heterocycles. The second-order valence-electron chi connectivity index (χ2n) is 6.30.